The van der Waals surface area contributed by atoms with Gasteiger partial charge in [-0.2, -0.15) is 5.10 Å². The maximum absolute atomic E-state index is 13.4. The summed E-state index contributed by atoms with van der Waals surface area (Å²) < 4.78 is 0. The molecule has 9 heteroatoms. The molecule has 0 bridgehead atoms. The molecular weight excluding hydrogens is 544 g/mol. The van der Waals surface area contributed by atoms with Crippen LogP contribution in [0.15, 0.2) is 96.1 Å². The molecule has 2 N–H and O–H groups in total. The van der Waals surface area contributed by atoms with E-state index in [1.807, 2.05) is 60.7 Å². The van der Waals surface area contributed by atoms with Crippen molar-refractivity contribution in [3.8, 4) is 0 Å². The number of anilines is 2. The fourth-order valence-electron chi connectivity index (χ4n) is 5.62. The monoisotopic (exact) mass is 580 g/mol. The van der Waals surface area contributed by atoms with Gasteiger partial charge in [-0.3, -0.25) is 14.4 Å². The minimum Gasteiger partial charge on any atom is -0.395 e. The Morgan fingerprint density at radius 2 is 1.74 bits per heavy atom. The highest BCUT2D eigenvalue weighted by Crippen LogP contribution is 2.46. The number of carbonyl (C=O) groups is 3. The van der Waals surface area contributed by atoms with Crippen LogP contribution in [-0.4, -0.2) is 58.7 Å². The fraction of sp³-hybridized carbons (Fsp3) is 0.294. The number of benzene rings is 3. The van der Waals surface area contributed by atoms with E-state index in [2.05, 4.69) is 5.10 Å². The quantitative estimate of drug-likeness (QED) is 0.352. The first kappa shape index (κ1) is 29.9. The Kier molecular flexibility index (Phi) is 8.84. The van der Waals surface area contributed by atoms with E-state index in [4.69, 9.17) is 0 Å². The van der Waals surface area contributed by atoms with Crippen molar-refractivity contribution in [1.82, 2.24) is 4.90 Å². The maximum atomic E-state index is 13.4. The SMILES string of the molecule is C[C@H](/C=C/CC(=O)N(CCO)Cc1ccccc1)[C@@]1(O)C(=O)N(C)c2ccc(N3N=C(c4ccccc4)CCC3=O)cc21. The number of likely N-dealkylation sites (N-methyl/N-ethyl adjacent to an activating group) is 1. The molecule has 0 aliphatic carbocycles. The summed E-state index contributed by atoms with van der Waals surface area (Å²) in [5, 5.41) is 27.4. The van der Waals surface area contributed by atoms with Crippen molar-refractivity contribution in [3.05, 3.63) is 108 Å². The predicted octanol–water partition coefficient (Wildman–Crippen LogP) is 3.99. The van der Waals surface area contributed by atoms with Gasteiger partial charge in [-0.25, -0.2) is 5.01 Å². The van der Waals surface area contributed by atoms with Crippen molar-refractivity contribution in [3.63, 3.8) is 0 Å². The molecule has 0 saturated heterocycles. The molecule has 5 rings (SSSR count). The van der Waals surface area contributed by atoms with Crippen molar-refractivity contribution in [2.75, 3.05) is 30.1 Å². The van der Waals surface area contributed by atoms with E-state index >= 15 is 0 Å². The summed E-state index contributed by atoms with van der Waals surface area (Å²) in [5.74, 6) is -1.53. The molecule has 2 heterocycles. The molecule has 3 amide bonds. The zero-order chi connectivity index (χ0) is 30.6. The van der Waals surface area contributed by atoms with Crippen LogP contribution in [0.25, 0.3) is 0 Å². The van der Waals surface area contributed by atoms with Crippen molar-refractivity contribution in [2.24, 2.45) is 11.0 Å². The highest BCUT2D eigenvalue weighted by Gasteiger charge is 2.51. The van der Waals surface area contributed by atoms with Gasteiger partial charge >= 0.3 is 0 Å². The third kappa shape index (κ3) is 6.00. The molecule has 2 aliphatic rings. The number of amides is 3. The number of fused-ring (bicyclic) bond motifs is 1. The van der Waals surface area contributed by atoms with Gasteiger partial charge in [0.25, 0.3) is 5.91 Å². The van der Waals surface area contributed by atoms with E-state index in [9.17, 15) is 24.6 Å². The van der Waals surface area contributed by atoms with Gasteiger partial charge in [-0.1, -0.05) is 79.7 Å². The third-order valence-electron chi connectivity index (χ3n) is 8.08. The molecule has 0 radical (unpaired) electrons. The highest BCUT2D eigenvalue weighted by atomic mass is 16.3. The van der Waals surface area contributed by atoms with Crippen molar-refractivity contribution >= 4 is 34.8 Å². The van der Waals surface area contributed by atoms with E-state index in [0.29, 0.717) is 36.3 Å². The molecule has 2 atom stereocenters. The number of nitrogens with zero attached hydrogens (tertiary/aromatic N) is 4. The molecule has 0 fully saturated rings. The molecule has 0 unspecified atom stereocenters. The van der Waals surface area contributed by atoms with Crippen LogP contribution in [0.2, 0.25) is 0 Å². The molecular formula is C34H36N4O5. The van der Waals surface area contributed by atoms with Gasteiger partial charge < -0.3 is 20.0 Å². The number of aliphatic hydroxyl groups is 2. The van der Waals surface area contributed by atoms with Crippen molar-refractivity contribution in [2.45, 2.75) is 38.3 Å². The zero-order valence-electron chi connectivity index (χ0n) is 24.4. The summed E-state index contributed by atoms with van der Waals surface area (Å²) in [5.41, 5.74) is 2.15. The van der Waals surface area contributed by atoms with Gasteiger partial charge in [0.1, 0.15) is 0 Å². The first-order chi connectivity index (χ1) is 20.7. The number of hydrazone groups is 1. The molecule has 43 heavy (non-hydrogen) atoms. The topological polar surface area (TPSA) is 114 Å². The Morgan fingerprint density at radius 3 is 2.44 bits per heavy atom. The Hall–Kier alpha value is -4.60. The second kappa shape index (κ2) is 12.7. The van der Waals surface area contributed by atoms with Gasteiger partial charge in [-0.15, -0.1) is 0 Å². The van der Waals surface area contributed by atoms with Gasteiger partial charge in [0.15, 0.2) is 5.60 Å². The van der Waals surface area contributed by atoms with E-state index in [1.165, 1.54) is 9.91 Å². The lowest BCUT2D eigenvalue weighted by molar-refractivity contribution is -0.139. The second-order valence-corrected chi connectivity index (χ2v) is 10.9. The smallest absolute Gasteiger partial charge is 0.264 e. The van der Waals surface area contributed by atoms with Crippen LogP contribution < -0.4 is 9.91 Å². The summed E-state index contributed by atoms with van der Waals surface area (Å²) >= 11 is 0. The van der Waals surface area contributed by atoms with Gasteiger partial charge in [0, 0.05) is 50.9 Å². The molecule has 222 valence electrons. The molecule has 3 aromatic rings. The molecule has 3 aromatic carbocycles. The van der Waals surface area contributed by atoms with Gasteiger partial charge in [0.2, 0.25) is 11.8 Å². The van der Waals surface area contributed by atoms with Crippen molar-refractivity contribution < 1.29 is 24.6 Å². The highest BCUT2D eigenvalue weighted by molar-refractivity contribution is 6.10. The Bertz CT molecular complexity index is 1560. The largest absolute Gasteiger partial charge is 0.395 e. The Labute approximate surface area is 251 Å². The first-order valence-electron chi connectivity index (χ1n) is 14.4. The molecule has 2 aliphatic heterocycles. The summed E-state index contributed by atoms with van der Waals surface area (Å²) in [7, 11) is 1.60. The van der Waals surface area contributed by atoms with Crippen LogP contribution >= 0.6 is 0 Å². The van der Waals surface area contributed by atoms with Gasteiger partial charge in [-0.05, 0) is 29.3 Å². The molecule has 0 aromatic heterocycles. The average molecular weight is 581 g/mol. The lowest BCUT2D eigenvalue weighted by Gasteiger charge is -2.28. The van der Waals surface area contributed by atoms with Crippen LogP contribution in [0.3, 0.4) is 0 Å². The first-order valence-corrected chi connectivity index (χ1v) is 14.4. The van der Waals surface area contributed by atoms with Crippen LogP contribution in [0.1, 0.15) is 42.9 Å². The Balaban J connectivity index is 1.37. The fourth-order valence-corrected chi connectivity index (χ4v) is 5.62. The third-order valence-corrected chi connectivity index (χ3v) is 8.08. The van der Waals surface area contributed by atoms with Crippen LogP contribution in [0.5, 0.6) is 0 Å². The minimum absolute atomic E-state index is 0.0451. The number of rotatable bonds is 10. The summed E-state index contributed by atoms with van der Waals surface area (Å²) in [6.45, 7) is 2.14. The Morgan fingerprint density at radius 1 is 1.05 bits per heavy atom. The normalized spacial score (nSPS) is 19.0. The summed E-state index contributed by atoms with van der Waals surface area (Å²) in [4.78, 5) is 42.4. The van der Waals surface area contributed by atoms with E-state index in [1.54, 1.807) is 49.2 Å². The van der Waals surface area contributed by atoms with Crippen LogP contribution in [0, 0.1) is 5.92 Å². The average Bonchev–Trinajstić information content (AvgIpc) is 3.23. The number of hydrogen-bond acceptors (Lipinski definition) is 6. The molecule has 0 spiro atoms. The summed E-state index contributed by atoms with van der Waals surface area (Å²) in [6.07, 6.45) is 4.18. The molecule has 9 nitrogen and oxygen atoms in total. The predicted molar refractivity (Wildman–Crippen MR) is 165 cm³/mol. The lowest BCUT2D eigenvalue weighted by Crippen LogP contribution is -2.43. The molecule has 0 saturated carbocycles. The van der Waals surface area contributed by atoms with Crippen LogP contribution in [-0.2, 0) is 26.5 Å². The standard InChI is InChI=1S/C34H36N4O5/c1-24(10-9-15-31(40)37(20-21-39)23-25-11-5-3-6-12-25)34(43)28-22-27(16-18-30(28)36(2)33(34)42)38-32(41)19-17-29(35-38)26-13-7-4-8-14-26/h3-14,16,18,22,24,39,43H,15,17,19-21,23H2,1-2H3/b10-9+/t24-,34+/m1/s1. The number of carbonyl (C=O) groups excluding carboxylic acids is 3. The van der Waals surface area contributed by atoms with Crippen LogP contribution in [0.4, 0.5) is 11.4 Å². The van der Waals surface area contributed by atoms with Crippen molar-refractivity contribution in [1.29, 1.82) is 0 Å². The van der Waals surface area contributed by atoms with E-state index in [-0.39, 0.29) is 31.4 Å². The summed E-state index contributed by atoms with van der Waals surface area (Å²) in [6, 6.07) is 24.3. The number of hydrogen-bond donors (Lipinski definition) is 2. The van der Waals surface area contributed by atoms with E-state index in [0.717, 1.165) is 16.8 Å². The van der Waals surface area contributed by atoms with Gasteiger partial charge in [0.05, 0.1) is 23.7 Å². The lowest BCUT2D eigenvalue weighted by atomic mass is 9.82. The number of aliphatic hydroxyl groups excluding tert-OH is 1. The minimum atomic E-state index is -1.90. The van der Waals surface area contributed by atoms with E-state index < -0.39 is 17.4 Å². The maximum Gasteiger partial charge on any atom is 0.264 e. The second-order valence-electron chi connectivity index (χ2n) is 10.9. The zero-order valence-corrected chi connectivity index (χ0v) is 24.4.